The Balaban J connectivity index is 2.36. The van der Waals surface area contributed by atoms with Gasteiger partial charge in [0.25, 0.3) is 0 Å². The van der Waals surface area contributed by atoms with Gasteiger partial charge in [-0.2, -0.15) is 0 Å². The Labute approximate surface area is 133 Å². The summed E-state index contributed by atoms with van der Waals surface area (Å²) in [4.78, 5) is 1.94. The van der Waals surface area contributed by atoms with Crippen molar-refractivity contribution in [1.29, 1.82) is 0 Å². The molecule has 0 bridgehead atoms. The number of rotatable bonds is 2. The van der Waals surface area contributed by atoms with Crippen LogP contribution in [0.1, 0.15) is 11.1 Å². The standard InChI is InChI=1S/C13H12O2S4/c14-12-8(16)2-6(3-9(12)17)1-7-4-10(18)13(15)11(19)5-7/h2-5,14-19H,1H2. The van der Waals surface area contributed by atoms with Gasteiger partial charge in [0.05, 0.1) is 0 Å². The first-order valence-electron chi connectivity index (χ1n) is 5.36. The zero-order valence-corrected chi connectivity index (χ0v) is 13.3. The lowest BCUT2D eigenvalue weighted by Crippen LogP contribution is -1.91. The monoisotopic (exact) mass is 328 g/mol. The second kappa shape index (κ2) is 5.83. The minimum absolute atomic E-state index is 0.0749. The van der Waals surface area contributed by atoms with Crippen molar-refractivity contribution in [2.45, 2.75) is 26.0 Å². The van der Waals surface area contributed by atoms with Crippen LogP contribution in [-0.4, -0.2) is 10.2 Å². The Bertz CT molecular complexity index is 539. The van der Waals surface area contributed by atoms with Crippen LogP contribution in [0.3, 0.4) is 0 Å². The summed E-state index contributed by atoms with van der Waals surface area (Å²) in [6.45, 7) is 0. The maximum Gasteiger partial charge on any atom is 0.142 e. The van der Waals surface area contributed by atoms with Crippen molar-refractivity contribution in [1.82, 2.24) is 0 Å². The molecule has 0 heterocycles. The maximum absolute atomic E-state index is 9.61. The van der Waals surface area contributed by atoms with E-state index in [4.69, 9.17) is 0 Å². The van der Waals surface area contributed by atoms with E-state index in [-0.39, 0.29) is 11.5 Å². The van der Waals surface area contributed by atoms with Gasteiger partial charge in [-0.15, -0.1) is 50.5 Å². The van der Waals surface area contributed by atoms with E-state index in [1.807, 2.05) is 0 Å². The molecule has 0 saturated carbocycles. The van der Waals surface area contributed by atoms with Crippen LogP contribution in [0.4, 0.5) is 0 Å². The summed E-state index contributed by atoms with van der Waals surface area (Å²) in [5.41, 5.74) is 1.91. The van der Waals surface area contributed by atoms with Crippen LogP contribution in [0.25, 0.3) is 0 Å². The predicted molar refractivity (Wildman–Crippen MR) is 88.0 cm³/mol. The third-order valence-corrected chi connectivity index (χ3v) is 4.03. The highest BCUT2D eigenvalue weighted by Crippen LogP contribution is 2.33. The van der Waals surface area contributed by atoms with E-state index in [9.17, 15) is 10.2 Å². The van der Waals surface area contributed by atoms with E-state index < -0.39 is 0 Å². The van der Waals surface area contributed by atoms with Gasteiger partial charge in [-0.3, -0.25) is 0 Å². The molecule has 19 heavy (non-hydrogen) atoms. The Morgan fingerprint density at radius 3 is 1.16 bits per heavy atom. The normalized spacial score (nSPS) is 10.7. The minimum Gasteiger partial charge on any atom is -0.506 e. The summed E-state index contributed by atoms with van der Waals surface area (Å²) >= 11 is 16.8. The average Bonchev–Trinajstić information content (AvgIpc) is 2.33. The largest absolute Gasteiger partial charge is 0.506 e. The first-order valence-corrected chi connectivity index (χ1v) is 7.15. The average molecular weight is 329 g/mol. The molecule has 0 atom stereocenters. The third-order valence-electron chi connectivity index (χ3n) is 2.67. The van der Waals surface area contributed by atoms with Gasteiger partial charge in [0.1, 0.15) is 11.5 Å². The molecule has 0 aliphatic heterocycles. The second-order valence-electron chi connectivity index (χ2n) is 4.14. The number of aromatic hydroxyl groups is 2. The maximum atomic E-state index is 9.61. The van der Waals surface area contributed by atoms with Gasteiger partial charge in [0.15, 0.2) is 0 Å². The van der Waals surface area contributed by atoms with Gasteiger partial charge < -0.3 is 10.2 Å². The molecule has 0 amide bonds. The SMILES string of the molecule is Oc1c(S)cc(Cc2cc(S)c(O)c(S)c2)cc1S. The number of phenols is 2. The van der Waals surface area contributed by atoms with Crippen LogP contribution in [0, 0.1) is 0 Å². The summed E-state index contributed by atoms with van der Waals surface area (Å²) in [7, 11) is 0. The minimum atomic E-state index is 0.0749. The number of thiol groups is 4. The van der Waals surface area contributed by atoms with E-state index in [2.05, 4.69) is 50.5 Å². The predicted octanol–water partition coefficient (Wildman–Crippen LogP) is 3.84. The quantitative estimate of drug-likeness (QED) is 0.474. The molecular formula is C13H12O2S4. The number of benzene rings is 2. The van der Waals surface area contributed by atoms with Crippen LogP contribution < -0.4 is 0 Å². The fourth-order valence-electron chi connectivity index (χ4n) is 1.76. The lowest BCUT2D eigenvalue weighted by atomic mass is 10.0. The molecule has 2 rings (SSSR count). The van der Waals surface area contributed by atoms with E-state index in [0.29, 0.717) is 26.0 Å². The fourth-order valence-corrected chi connectivity index (χ4v) is 3.08. The summed E-state index contributed by atoms with van der Waals surface area (Å²) in [5, 5.41) is 19.2. The number of phenolic OH excluding ortho intramolecular Hbond substituents is 2. The van der Waals surface area contributed by atoms with Crippen molar-refractivity contribution in [3.63, 3.8) is 0 Å². The zero-order valence-electron chi connectivity index (χ0n) is 9.70. The molecule has 0 radical (unpaired) electrons. The van der Waals surface area contributed by atoms with Gasteiger partial charge in [0.2, 0.25) is 0 Å². The Hall–Kier alpha value is -0.560. The lowest BCUT2D eigenvalue weighted by molar-refractivity contribution is 0.449. The Kier molecular flexibility index (Phi) is 4.55. The summed E-state index contributed by atoms with van der Waals surface area (Å²) in [6.07, 6.45) is 0.614. The highest BCUT2D eigenvalue weighted by atomic mass is 32.1. The number of hydrogen-bond acceptors (Lipinski definition) is 6. The summed E-state index contributed by atoms with van der Waals surface area (Å²) in [6, 6.07) is 7.12. The molecule has 0 fully saturated rings. The molecule has 0 aliphatic rings. The molecule has 2 aromatic carbocycles. The van der Waals surface area contributed by atoms with E-state index >= 15 is 0 Å². The molecule has 0 spiro atoms. The van der Waals surface area contributed by atoms with Crippen molar-refractivity contribution in [3.8, 4) is 11.5 Å². The van der Waals surface area contributed by atoms with E-state index in [0.717, 1.165) is 11.1 Å². The van der Waals surface area contributed by atoms with Gasteiger partial charge in [0, 0.05) is 19.6 Å². The Morgan fingerprint density at radius 2 is 0.895 bits per heavy atom. The molecule has 2 N–H and O–H groups in total. The molecule has 0 aliphatic carbocycles. The van der Waals surface area contributed by atoms with Gasteiger partial charge in [-0.25, -0.2) is 0 Å². The summed E-state index contributed by atoms with van der Waals surface area (Å²) in [5.74, 6) is 0.150. The fraction of sp³-hybridized carbons (Fsp3) is 0.0769. The van der Waals surface area contributed by atoms with Crippen molar-refractivity contribution >= 4 is 50.5 Å². The topological polar surface area (TPSA) is 40.5 Å². The van der Waals surface area contributed by atoms with Gasteiger partial charge in [-0.1, -0.05) is 0 Å². The van der Waals surface area contributed by atoms with Crippen LogP contribution in [-0.2, 0) is 6.42 Å². The van der Waals surface area contributed by atoms with Crippen LogP contribution >= 0.6 is 50.5 Å². The van der Waals surface area contributed by atoms with Crippen molar-refractivity contribution in [2.24, 2.45) is 0 Å². The lowest BCUT2D eigenvalue weighted by Gasteiger charge is -2.09. The first-order chi connectivity index (χ1) is 8.88. The molecule has 6 heteroatoms. The van der Waals surface area contributed by atoms with Gasteiger partial charge >= 0.3 is 0 Å². The van der Waals surface area contributed by atoms with Crippen molar-refractivity contribution in [2.75, 3.05) is 0 Å². The molecular weight excluding hydrogens is 316 g/mol. The molecule has 0 aromatic heterocycles. The zero-order chi connectivity index (χ0) is 14.2. The first kappa shape index (κ1) is 14.8. The second-order valence-corrected chi connectivity index (χ2v) is 6.07. The molecule has 0 unspecified atom stereocenters. The van der Waals surface area contributed by atoms with Crippen LogP contribution in [0.5, 0.6) is 11.5 Å². The Morgan fingerprint density at radius 1 is 0.632 bits per heavy atom. The highest BCUT2D eigenvalue weighted by Gasteiger charge is 2.08. The molecule has 100 valence electrons. The smallest absolute Gasteiger partial charge is 0.142 e. The highest BCUT2D eigenvalue weighted by molar-refractivity contribution is 7.81. The van der Waals surface area contributed by atoms with Crippen molar-refractivity contribution < 1.29 is 10.2 Å². The summed E-state index contributed by atoms with van der Waals surface area (Å²) < 4.78 is 0. The molecule has 2 nitrogen and oxygen atoms in total. The van der Waals surface area contributed by atoms with Crippen LogP contribution in [0.15, 0.2) is 43.8 Å². The third kappa shape index (κ3) is 3.31. The molecule has 2 aromatic rings. The van der Waals surface area contributed by atoms with E-state index in [1.165, 1.54) is 0 Å². The molecule has 0 saturated heterocycles. The van der Waals surface area contributed by atoms with Crippen molar-refractivity contribution in [3.05, 3.63) is 35.4 Å². The van der Waals surface area contributed by atoms with E-state index in [1.54, 1.807) is 24.3 Å². The number of hydrogen-bond donors (Lipinski definition) is 6. The van der Waals surface area contributed by atoms with Gasteiger partial charge in [-0.05, 0) is 41.8 Å². The van der Waals surface area contributed by atoms with Crippen LogP contribution in [0.2, 0.25) is 0 Å².